The van der Waals surface area contributed by atoms with Crippen LogP contribution in [-0.2, 0) is 10.0 Å². The van der Waals surface area contributed by atoms with E-state index in [1.165, 1.54) is 0 Å². The van der Waals surface area contributed by atoms with E-state index in [0.29, 0.717) is 12.8 Å². The van der Waals surface area contributed by atoms with Crippen molar-refractivity contribution in [3.63, 3.8) is 0 Å². The first-order chi connectivity index (χ1) is 13.3. The fraction of sp³-hybridized carbons (Fsp3) is 0.286. The van der Waals surface area contributed by atoms with Crippen molar-refractivity contribution < 1.29 is 13.5 Å². The van der Waals surface area contributed by atoms with Gasteiger partial charge in [0.05, 0.1) is 11.0 Å². The van der Waals surface area contributed by atoms with Crippen molar-refractivity contribution in [2.45, 2.75) is 42.8 Å². The molecule has 0 saturated carbocycles. The Morgan fingerprint density at radius 1 is 1.07 bits per heavy atom. The molecule has 1 heterocycles. The van der Waals surface area contributed by atoms with Crippen LogP contribution in [0.15, 0.2) is 71.9 Å². The summed E-state index contributed by atoms with van der Waals surface area (Å²) >= 11 is 0. The molecule has 0 radical (unpaired) electrons. The molecule has 0 fully saturated rings. The Morgan fingerprint density at radius 3 is 2.57 bits per heavy atom. The van der Waals surface area contributed by atoms with Crippen molar-refractivity contribution in [2.75, 3.05) is 0 Å². The van der Waals surface area contributed by atoms with Crippen LogP contribution in [0.25, 0.3) is 10.8 Å². The van der Waals surface area contributed by atoms with Crippen molar-refractivity contribution in [1.29, 1.82) is 0 Å². The zero-order chi connectivity index (χ0) is 20.1. The number of nitrogens with two attached hydrogens (primary N) is 1. The molecular formula is C21H25N3O3S. The summed E-state index contributed by atoms with van der Waals surface area (Å²) in [4.78, 5) is 4.24. The minimum atomic E-state index is -3.67. The number of rotatable bonds is 8. The van der Waals surface area contributed by atoms with Crippen molar-refractivity contribution in [2.24, 2.45) is 5.73 Å². The molecule has 6 nitrogen and oxygen atoms in total. The molecule has 0 amide bonds. The summed E-state index contributed by atoms with van der Waals surface area (Å²) in [5, 5.41) is 12.0. The van der Waals surface area contributed by atoms with Crippen molar-refractivity contribution in [3.8, 4) is 0 Å². The molecule has 148 valence electrons. The van der Waals surface area contributed by atoms with Gasteiger partial charge in [-0.2, -0.15) is 0 Å². The maximum atomic E-state index is 12.7. The van der Waals surface area contributed by atoms with E-state index in [1.807, 2.05) is 30.3 Å². The van der Waals surface area contributed by atoms with Crippen LogP contribution < -0.4 is 10.5 Å². The van der Waals surface area contributed by atoms with E-state index in [4.69, 9.17) is 5.73 Å². The topological polar surface area (TPSA) is 105 Å². The molecule has 7 heteroatoms. The average molecular weight is 400 g/mol. The molecule has 0 bridgehead atoms. The lowest BCUT2D eigenvalue weighted by Crippen LogP contribution is -2.38. The van der Waals surface area contributed by atoms with Gasteiger partial charge in [-0.1, -0.05) is 36.4 Å². The van der Waals surface area contributed by atoms with Crippen LogP contribution in [-0.4, -0.2) is 30.6 Å². The first-order valence-electron chi connectivity index (χ1n) is 9.20. The molecule has 0 saturated heterocycles. The van der Waals surface area contributed by atoms with Crippen molar-refractivity contribution in [3.05, 3.63) is 72.6 Å². The van der Waals surface area contributed by atoms with Crippen LogP contribution in [0.2, 0.25) is 0 Å². The van der Waals surface area contributed by atoms with Gasteiger partial charge in [0.25, 0.3) is 0 Å². The second kappa shape index (κ2) is 8.79. The number of nitrogens with zero attached hydrogens (tertiary/aromatic N) is 1. The normalized spacial score (nSPS) is 15.2. The van der Waals surface area contributed by atoms with E-state index in [0.717, 1.165) is 16.3 Å². The molecule has 0 aliphatic heterocycles. The zero-order valence-corrected chi connectivity index (χ0v) is 16.5. The van der Waals surface area contributed by atoms with Gasteiger partial charge in [-0.15, -0.1) is 0 Å². The van der Waals surface area contributed by atoms with Gasteiger partial charge in [0.2, 0.25) is 10.0 Å². The summed E-state index contributed by atoms with van der Waals surface area (Å²) in [6.07, 6.45) is 3.43. The minimum absolute atomic E-state index is 0.205. The maximum Gasteiger partial charge on any atom is 0.240 e. The summed E-state index contributed by atoms with van der Waals surface area (Å²) in [6, 6.07) is 15.3. The van der Waals surface area contributed by atoms with Gasteiger partial charge in [-0.05, 0) is 48.9 Å². The molecule has 2 aromatic carbocycles. The lowest BCUT2D eigenvalue weighted by atomic mass is 9.99. The van der Waals surface area contributed by atoms with E-state index < -0.39 is 16.1 Å². The van der Waals surface area contributed by atoms with Gasteiger partial charge in [-0.25, -0.2) is 13.1 Å². The second-order valence-electron chi connectivity index (χ2n) is 7.06. The Labute approximate surface area is 165 Å². The van der Waals surface area contributed by atoms with Crippen molar-refractivity contribution in [1.82, 2.24) is 9.71 Å². The van der Waals surface area contributed by atoms with Gasteiger partial charge in [0, 0.05) is 29.9 Å². The van der Waals surface area contributed by atoms with E-state index in [1.54, 1.807) is 43.6 Å². The van der Waals surface area contributed by atoms with Crippen LogP contribution in [0.3, 0.4) is 0 Å². The molecule has 0 aliphatic carbocycles. The van der Waals surface area contributed by atoms with Gasteiger partial charge >= 0.3 is 0 Å². The highest BCUT2D eigenvalue weighted by molar-refractivity contribution is 7.89. The fourth-order valence-corrected chi connectivity index (χ4v) is 4.55. The number of sulfonamides is 1. The minimum Gasteiger partial charge on any atom is -0.388 e. The van der Waals surface area contributed by atoms with E-state index >= 15 is 0 Å². The summed E-state index contributed by atoms with van der Waals surface area (Å²) < 4.78 is 28.1. The Kier molecular flexibility index (Phi) is 6.41. The summed E-state index contributed by atoms with van der Waals surface area (Å²) in [5.41, 5.74) is 6.95. The van der Waals surface area contributed by atoms with Gasteiger partial charge < -0.3 is 10.8 Å². The highest BCUT2D eigenvalue weighted by Crippen LogP contribution is 2.21. The number of nitrogens with one attached hydrogen (secondary N) is 1. The highest BCUT2D eigenvalue weighted by atomic mass is 32.2. The third-order valence-electron chi connectivity index (χ3n) is 4.65. The number of hydrogen-bond donors (Lipinski definition) is 3. The van der Waals surface area contributed by atoms with Crippen LogP contribution in [0.1, 0.15) is 31.4 Å². The smallest absolute Gasteiger partial charge is 0.240 e. The lowest BCUT2D eigenvalue weighted by molar-refractivity contribution is 0.155. The molecular weight excluding hydrogens is 374 g/mol. The zero-order valence-electron chi connectivity index (χ0n) is 15.7. The predicted molar refractivity (Wildman–Crippen MR) is 110 cm³/mol. The van der Waals surface area contributed by atoms with E-state index in [2.05, 4.69) is 9.71 Å². The number of aliphatic hydroxyl groups excluding tert-OH is 1. The first kappa shape index (κ1) is 20.4. The third kappa shape index (κ3) is 5.14. The number of aromatic nitrogens is 1. The van der Waals surface area contributed by atoms with Crippen LogP contribution in [0.5, 0.6) is 0 Å². The molecule has 0 spiro atoms. The largest absolute Gasteiger partial charge is 0.388 e. The monoisotopic (exact) mass is 399 g/mol. The van der Waals surface area contributed by atoms with E-state index in [-0.39, 0.29) is 17.0 Å². The Balaban J connectivity index is 1.61. The Hall–Kier alpha value is -2.32. The average Bonchev–Trinajstić information content (AvgIpc) is 2.67. The summed E-state index contributed by atoms with van der Waals surface area (Å²) in [7, 11) is -3.67. The molecule has 3 atom stereocenters. The predicted octanol–water partition coefficient (Wildman–Crippen LogP) is 2.74. The number of hydrogen-bond acceptors (Lipinski definition) is 5. The van der Waals surface area contributed by atoms with Crippen molar-refractivity contribution >= 4 is 20.8 Å². The lowest BCUT2D eigenvalue weighted by Gasteiger charge is -2.21. The molecule has 3 rings (SSSR count). The SMILES string of the molecule is C[C@H](CC(N)CC(O)c1ccccc1)NS(=O)(=O)c1ccc2cnccc2c1. The van der Waals surface area contributed by atoms with Crippen LogP contribution in [0, 0.1) is 0 Å². The van der Waals surface area contributed by atoms with Crippen LogP contribution >= 0.6 is 0 Å². The first-order valence-corrected chi connectivity index (χ1v) is 10.7. The molecule has 4 N–H and O–H groups in total. The molecule has 3 aromatic rings. The maximum absolute atomic E-state index is 12.7. The summed E-state index contributed by atoms with van der Waals surface area (Å²) in [5.74, 6) is 0. The van der Waals surface area contributed by atoms with Gasteiger partial charge in [-0.3, -0.25) is 4.98 Å². The molecule has 1 aromatic heterocycles. The second-order valence-corrected chi connectivity index (χ2v) is 8.78. The van der Waals surface area contributed by atoms with Crippen LogP contribution in [0.4, 0.5) is 0 Å². The van der Waals surface area contributed by atoms with E-state index in [9.17, 15) is 13.5 Å². The quantitative estimate of drug-likeness (QED) is 0.540. The standard InChI is InChI=1S/C21H25N3O3S/c1-15(11-19(22)13-21(25)16-5-3-2-4-6-16)24-28(26,27)20-8-7-18-14-23-10-9-17(18)12-20/h2-10,12,14-15,19,21,24-25H,11,13,22H2,1H3/t15-,19?,21?/m1/s1. The number of aliphatic hydroxyl groups is 1. The Bertz CT molecular complexity index is 1030. The third-order valence-corrected chi connectivity index (χ3v) is 6.23. The highest BCUT2D eigenvalue weighted by Gasteiger charge is 2.21. The fourth-order valence-electron chi connectivity index (χ4n) is 3.26. The Morgan fingerprint density at radius 2 is 1.82 bits per heavy atom. The van der Waals surface area contributed by atoms with Gasteiger partial charge in [0.15, 0.2) is 0 Å². The molecule has 0 aliphatic rings. The molecule has 28 heavy (non-hydrogen) atoms. The number of pyridine rings is 1. The number of fused-ring (bicyclic) bond motifs is 1. The number of benzene rings is 2. The van der Waals surface area contributed by atoms with Gasteiger partial charge in [0.1, 0.15) is 0 Å². The summed E-state index contributed by atoms with van der Waals surface area (Å²) in [6.45, 7) is 1.78. The molecule has 2 unspecified atom stereocenters.